The van der Waals surface area contributed by atoms with Crippen LogP contribution in [0.5, 0.6) is 0 Å². The molecule has 3 nitrogen and oxygen atoms in total. The van der Waals surface area contributed by atoms with Crippen LogP contribution < -0.4 is 11.1 Å². The number of thioether (sulfide) groups is 1. The third-order valence-electron chi connectivity index (χ3n) is 2.05. The second kappa shape index (κ2) is 6.48. The molecule has 0 spiro atoms. The van der Waals surface area contributed by atoms with Crippen LogP contribution in [0.3, 0.4) is 0 Å². The number of nitrogens with one attached hydrogen (secondary N) is 1. The average Bonchev–Trinajstić information content (AvgIpc) is 2.29. The number of amides is 1. The maximum atomic E-state index is 11.6. The molecule has 3 N–H and O–H groups in total. The minimum Gasteiger partial charge on any atom is -0.354 e. The Balaban J connectivity index is 2.46. The predicted octanol–water partition coefficient (Wildman–Crippen LogP) is 1.17. The lowest BCUT2D eigenvalue weighted by molar-refractivity contribution is -0.122. The highest BCUT2D eigenvalue weighted by molar-refractivity contribution is 7.98. The van der Waals surface area contributed by atoms with E-state index in [1.165, 1.54) is 0 Å². The van der Waals surface area contributed by atoms with Gasteiger partial charge < -0.3 is 11.1 Å². The standard InChI is InChI=1S/C11H16N2OS/c1-15-8-7-13-11(14)10(12)9-5-3-2-4-6-9/h2-6,10H,7-8,12H2,1H3,(H,13,14)/t10-/m0/s1. The van der Waals surface area contributed by atoms with Gasteiger partial charge in [0.05, 0.1) is 0 Å². The lowest BCUT2D eigenvalue weighted by atomic mass is 10.1. The zero-order chi connectivity index (χ0) is 11.1. The molecule has 82 valence electrons. The van der Waals surface area contributed by atoms with Crippen molar-refractivity contribution in [3.63, 3.8) is 0 Å². The monoisotopic (exact) mass is 224 g/mol. The van der Waals surface area contributed by atoms with Crippen molar-refractivity contribution in [3.8, 4) is 0 Å². The van der Waals surface area contributed by atoms with E-state index in [4.69, 9.17) is 5.73 Å². The summed E-state index contributed by atoms with van der Waals surface area (Å²) in [5.74, 6) is 0.794. The van der Waals surface area contributed by atoms with Crippen LogP contribution in [0.2, 0.25) is 0 Å². The Bertz CT molecular complexity index is 303. The molecule has 1 rings (SSSR count). The highest BCUT2D eigenvalue weighted by atomic mass is 32.2. The molecule has 0 saturated heterocycles. The molecule has 0 radical (unpaired) electrons. The molecule has 1 amide bonds. The second-order valence-electron chi connectivity index (χ2n) is 3.17. The fraction of sp³-hybridized carbons (Fsp3) is 0.364. The molecular formula is C11H16N2OS. The zero-order valence-electron chi connectivity index (χ0n) is 8.77. The van der Waals surface area contributed by atoms with Gasteiger partial charge in [-0.2, -0.15) is 11.8 Å². The van der Waals surface area contributed by atoms with Crippen LogP contribution in [0.1, 0.15) is 11.6 Å². The minimum absolute atomic E-state index is 0.116. The maximum Gasteiger partial charge on any atom is 0.241 e. The summed E-state index contributed by atoms with van der Waals surface area (Å²) in [6, 6.07) is 8.82. The molecule has 0 saturated carbocycles. The van der Waals surface area contributed by atoms with Crippen LogP contribution in [0.25, 0.3) is 0 Å². The number of rotatable bonds is 5. The van der Waals surface area contributed by atoms with Gasteiger partial charge in [-0.05, 0) is 11.8 Å². The predicted molar refractivity (Wildman–Crippen MR) is 64.8 cm³/mol. The largest absolute Gasteiger partial charge is 0.354 e. The van der Waals surface area contributed by atoms with Gasteiger partial charge in [0.15, 0.2) is 0 Å². The summed E-state index contributed by atoms with van der Waals surface area (Å²) in [7, 11) is 0. The van der Waals surface area contributed by atoms with E-state index < -0.39 is 6.04 Å². The van der Waals surface area contributed by atoms with E-state index in [0.29, 0.717) is 6.54 Å². The Labute approximate surface area is 94.4 Å². The fourth-order valence-corrected chi connectivity index (χ4v) is 1.50. The summed E-state index contributed by atoms with van der Waals surface area (Å²) in [5.41, 5.74) is 6.65. The van der Waals surface area contributed by atoms with Crippen molar-refractivity contribution in [1.29, 1.82) is 0 Å². The molecule has 0 unspecified atom stereocenters. The first-order chi connectivity index (χ1) is 7.25. The molecule has 0 aliphatic rings. The quantitative estimate of drug-likeness (QED) is 0.738. The molecule has 1 atom stereocenters. The van der Waals surface area contributed by atoms with Crippen LogP contribution >= 0.6 is 11.8 Å². The third-order valence-corrected chi connectivity index (χ3v) is 2.66. The molecule has 1 aromatic carbocycles. The zero-order valence-corrected chi connectivity index (χ0v) is 9.59. The first-order valence-corrected chi connectivity index (χ1v) is 6.22. The SMILES string of the molecule is CSCCNC(=O)[C@@H](N)c1ccccc1. The third kappa shape index (κ3) is 3.93. The van der Waals surface area contributed by atoms with Crippen molar-refractivity contribution < 1.29 is 4.79 Å². The smallest absolute Gasteiger partial charge is 0.241 e. The fourth-order valence-electron chi connectivity index (χ4n) is 1.20. The van der Waals surface area contributed by atoms with E-state index in [1.54, 1.807) is 11.8 Å². The lowest BCUT2D eigenvalue weighted by Crippen LogP contribution is -2.35. The normalized spacial score (nSPS) is 12.1. The lowest BCUT2D eigenvalue weighted by Gasteiger charge is -2.11. The number of hydrogen-bond acceptors (Lipinski definition) is 3. The van der Waals surface area contributed by atoms with Crippen LogP contribution in [0.15, 0.2) is 30.3 Å². The number of benzene rings is 1. The Kier molecular flexibility index (Phi) is 5.21. The maximum absolute atomic E-state index is 11.6. The number of nitrogens with two attached hydrogens (primary N) is 1. The van der Waals surface area contributed by atoms with E-state index >= 15 is 0 Å². The summed E-state index contributed by atoms with van der Waals surface area (Å²) in [5, 5.41) is 2.80. The van der Waals surface area contributed by atoms with Gasteiger partial charge in [-0.25, -0.2) is 0 Å². The summed E-state index contributed by atoms with van der Waals surface area (Å²) < 4.78 is 0. The van der Waals surface area contributed by atoms with Crippen LogP contribution in [0.4, 0.5) is 0 Å². The van der Waals surface area contributed by atoms with Gasteiger partial charge in [0.25, 0.3) is 0 Å². The molecule has 1 aromatic rings. The van der Waals surface area contributed by atoms with Gasteiger partial charge in [-0.3, -0.25) is 4.79 Å². The van der Waals surface area contributed by atoms with Gasteiger partial charge in [-0.1, -0.05) is 30.3 Å². The first kappa shape index (κ1) is 12.1. The van der Waals surface area contributed by atoms with Gasteiger partial charge in [-0.15, -0.1) is 0 Å². The molecular weight excluding hydrogens is 208 g/mol. The van der Waals surface area contributed by atoms with Gasteiger partial charge >= 0.3 is 0 Å². The van der Waals surface area contributed by atoms with Crippen LogP contribution in [-0.2, 0) is 4.79 Å². The number of hydrogen-bond donors (Lipinski definition) is 2. The molecule has 0 aliphatic heterocycles. The van der Waals surface area contributed by atoms with Gasteiger partial charge in [0, 0.05) is 12.3 Å². The van der Waals surface area contributed by atoms with Crippen molar-refractivity contribution >= 4 is 17.7 Å². The highest BCUT2D eigenvalue weighted by Gasteiger charge is 2.13. The summed E-state index contributed by atoms with van der Waals surface area (Å²) in [6.07, 6.45) is 2.00. The van der Waals surface area contributed by atoms with E-state index in [1.807, 2.05) is 36.6 Å². The van der Waals surface area contributed by atoms with Crippen LogP contribution in [-0.4, -0.2) is 24.5 Å². The molecule has 0 heterocycles. The molecule has 4 heteroatoms. The average molecular weight is 224 g/mol. The van der Waals surface area contributed by atoms with E-state index in [-0.39, 0.29) is 5.91 Å². The van der Waals surface area contributed by atoms with E-state index in [9.17, 15) is 4.79 Å². The Morgan fingerprint density at radius 1 is 1.47 bits per heavy atom. The van der Waals surface area contributed by atoms with Crippen LogP contribution in [0, 0.1) is 0 Å². The Morgan fingerprint density at radius 3 is 2.73 bits per heavy atom. The molecule has 0 bridgehead atoms. The molecule has 0 fully saturated rings. The number of carbonyl (C=O) groups is 1. The van der Waals surface area contributed by atoms with Gasteiger partial charge in [0.1, 0.15) is 6.04 Å². The summed E-state index contributed by atoms with van der Waals surface area (Å²) in [4.78, 5) is 11.6. The van der Waals surface area contributed by atoms with Crippen molar-refractivity contribution in [2.24, 2.45) is 5.73 Å². The number of carbonyl (C=O) groups excluding carboxylic acids is 1. The summed E-state index contributed by atoms with van der Waals surface area (Å²) in [6.45, 7) is 0.667. The molecule has 15 heavy (non-hydrogen) atoms. The Morgan fingerprint density at radius 2 is 2.13 bits per heavy atom. The van der Waals surface area contributed by atoms with Crippen molar-refractivity contribution in [2.75, 3.05) is 18.6 Å². The summed E-state index contributed by atoms with van der Waals surface area (Å²) >= 11 is 1.70. The highest BCUT2D eigenvalue weighted by Crippen LogP contribution is 2.08. The molecule has 0 aromatic heterocycles. The van der Waals surface area contributed by atoms with Crippen molar-refractivity contribution in [1.82, 2.24) is 5.32 Å². The topological polar surface area (TPSA) is 55.1 Å². The minimum atomic E-state index is -0.562. The Hall–Kier alpha value is -1.00. The second-order valence-corrected chi connectivity index (χ2v) is 4.16. The van der Waals surface area contributed by atoms with Gasteiger partial charge in [0.2, 0.25) is 5.91 Å². The van der Waals surface area contributed by atoms with E-state index in [2.05, 4.69) is 5.32 Å². The molecule has 0 aliphatic carbocycles. The van der Waals surface area contributed by atoms with Crippen molar-refractivity contribution in [2.45, 2.75) is 6.04 Å². The van der Waals surface area contributed by atoms with E-state index in [0.717, 1.165) is 11.3 Å². The first-order valence-electron chi connectivity index (χ1n) is 4.83. The van der Waals surface area contributed by atoms with Crippen molar-refractivity contribution in [3.05, 3.63) is 35.9 Å².